The van der Waals surface area contributed by atoms with Crippen LogP contribution in [0.15, 0.2) is 30.6 Å². The summed E-state index contributed by atoms with van der Waals surface area (Å²) >= 11 is 0. The summed E-state index contributed by atoms with van der Waals surface area (Å²) in [5.74, 6) is -0.940. The SMILES string of the molecule is COC(=O)C1CCN(c2ncnc(NNC(=O)c3ccccc3F)c2N)CC1. The van der Waals surface area contributed by atoms with Crippen LogP contribution >= 0.6 is 0 Å². The first-order chi connectivity index (χ1) is 13.5. The fourth-order valence-corrected chi connectivity index (χ4v) is 3.06. The van der Waals surface area contributed by atoms with Gasteiger partial charge in [-0.05, 0) is 25.0 Å². The van der Waals surface area contributed by atoms with Crippen molar-refractivity contribution in [2.75, 3.05) is 36.3 Å². The molecule has 2 heterocycles. The molecule has 1 saturated heterocycles. The van der Waals surface area contributed by atoms with Crippen molar-refractivity contribution in [2.24, 2.45) is 5.92 Å². The van der Waals surface area contributed by atoms with Crippen LogP contribution in [-0.4, -0.2) is 42.0 Å². The molecule has 148 valence electrons. The molecule has 1 aliphatic rings. The van der Waals surface area contributed by atoms with Gasteiger partial charge in [0.25, 0.3) is 5.91 Å². The molecule has 0 aliphatic carbocycles. The van der Waals surface area contributed by atoms with E-state index < -0.39 is 11.7 Å². The number of carbonyl (C=O) groups excluding carboxylic acids is 2. The molecule has 1 aromatic heterocycles. The lowest BCUT2D eigenvalue weighted by Gasteiger charge is -2.32. The molecule has 0 unspecified atom stereocenters. The number of nitrogens with two attached hydrogens (primary N) is 1. The normalized spacial score (nSPS) is 14.4. The minimum Gasteiger partial charge on any atom is -0.469 e. The van der Waals surface area contributed by atoms with Gasteiger partial charge in [0.1, 0.15) is 17.8 Å². The molecule has 1 aliphatic heterocycles. The summed E-state index contributed by atoms with van der Waals surface area (Å²) < 4.78 is 18.5. The fraction of sp³-hybridized carbons (Fsp3) is 0.333. The Morgan fingerprint density at radius 1 is 1.25 bits per heavy atom. The zero-order chi connectivity index (χ0) is 20.1. The standard InChI is InChI=1S/C18H21FN6O3/c1-28-18(27)11-6-8-25(9-7-11)16-14(20)15(21-10-22-16)23-24-17(26)12-4-2-3-5-13(12)19/h2-5,10-11H,6-9,20H2,1H3,(H,24,26)(H,21,22,23). The number of nitrogens with one attached hydrogen (secondary N) is 2. The van der Waals surface area contributed by atoms with Gasteiger partial charge in [0.15, 0.2) is 11.6 Å². The Labute approximate surface area is 161 Å². The molecule has 0 saturated carbocycles. The molecule has 28 heavy (non-hydrogen) atoms. The number of halogens is 1. The summed E-state index contributed by atoms with van der Waals surface area (Å²) in [6.07, 6.45) is 2.57. The van der Waals surface area contributed by atoms with Crippen LogP contribution in [0.25, 0.3) is 0 Å². The van der Waals surface area contributed by atoms with Gasteiger partial charge in [-0.15, -0.1) is 0 Å². The summed E-state index contributed by atoms with van der Waals surface area (Å²) in [5, 5.41) is 0. The van der Waals surface area contributed by atoms with E-state index in [9.17, 15) is 14.0 Å². The number of aromatic nitrogens is 2. The van der Waals surface area contributed by atoms with Crippen molar-refractivity contribution in [3.63, 3.8) is 0 Å². The van der Waals surface area contributed by atoms with E-state index in [1.165, 1.54) is 31.6 Å². The second kappa shape index (κ2) is 8.51. The average Bonchev–Trinajstić information content (AvgIpc) is 2.72. The van der Waals surface area contributed by atoms with Crippen LogP contribution in [0.3, 0.4) is 0 Å². The number of nitrogen functional groups attached to an aromatic ring is 1. The number of nitrogens with zero attached hydrogens (tertiary/aromatic N) is 3. The number of hydrogen-bond acceptors (Lipinski definition) is 8. The lowest BCUT2D eigenvalue weighted by molar-refractivity contribution is -0.146. The van der Waals surface area contributed by atoms with Crippen LogP contribution in [-0.2, 0) is 9.53 Å². The highest BCUT2D eigenvalue weighted by atomic mass is 19.1. The number of benzene rings is 1. The molecule has 0 radical (unpaired) electrons. The summed E-state index contributed by atoms with van der Waals surface area (Å²) in [6.45, 7) is 1.17. The monoisotopic (exact) mass is 388 g/mol. The molecular weight excluding hydrogens is 367 g/mol. The molecular formula is C18H21FN6O3. The topological polar surface area (TPSA) is 122 Å². The van der Waals surface area contributed by atoms with Crippen LogP contribution in [0, 0.1) is 11.7 Å². The number of anilines is 3. The molecule has 1 fully saturated rings. The lowest BCUT2D eigenvalue weighted by atomic mass is 9.97. The lowest BCUT2D eigenvalue weighted by Crippen LogP contribution is -2.38. The Morgan fingerprint density at radius 2 is 1.96 bits per heavy atom. The molecule has 0 spiro atoms. The Bertz CT molecular complexity index is 870. The van der Waals surface area contributed by atoms with E-state index in [-0.39, 0.29) is 29.0 Å². The van der Waals surface area contributed by atoms with Crippen molar-refractivity contribution in [3.05, 3.63) is 42.0 Å². The molecule has 2 aromatic rings. The summed E-state index contributed by atoms with van der Waals surface area (Å²) in [5.41, 5.74) is 11.3. The minimum absolute atomic E-state index is 0.104. The number of hydrogen-bond donors (Lipinski definition) is 3. The molecule has 0 atom stereocenters. The Balaban J connectivity index is 1.66. The number of methoxy groups -OCH3 is 1. The van der Waals surface area contributed by atoms with Crippen LogP contribution in [0.2, 0.25) is 0 Å². The number of carbonyl (C=O) groups is 2. The van der Waals surface area contributed by atoms with E-state index in [0.717, 1.165) is 0 Å². The van der Waals surface area contributed by atoms with Crippen molar-refractivity contribution in [2.45, 2.75) is 12.8 Å². The molecule has 1 amide bonds. The quantitative estimate of drug-likeness (QED) is 0.518. The van der Waals surface area contributed by atoms with E-state index >= 15 is 0 Å². The first-order valence-corrected chi connectivity index (χ1v) is 8.75. The van der Waals surface area contributed by atoms with Crippen LogP contribution in [0.4, 0.5) is 21.7 Å². The van der Waals surface area contributed by atoms with E-state index in [2.05, 4.69) is 20.8 Å². The third-order valence-electron chi connectivity index (χ3n) is 4.60. The maximum Gasteiger partial charge on any atom is 0.308 e. The molecule has 3 rings (SSSR count). The summed E-state index contributed by atoms with van der Waals surface area (Å²) in [4.78, 5) is 33.9. The van der Waals surface area contributed by atoms with E-state index in [1.54, 1.807) is 6.07 Å². The third-order valence-corrected chi connectivity index (χ3v) is 4.60. The molecule has 9 nitrogen and oxygen atoms in total. The Kier molecular flexibility index (Phi) is 5.87. The zero-order valence-corrected chi connectivity index (χ0v) is 15.3. The van der Waals surface area contributed by atoms with Crippen LogP contribution in [0.1, 0.15) is 23.2 Å². The molecule has 4 N–H and O–H groups in total. The number of amides is 1. The predicted molar refractivity (Wildman–Crippen MR) is 101 cm³/mol. The van der Waals surface area contributed by atoms with Crippen LogP contribution < -0.4 is 21.5 Å². The second-order valence-electron chi connectivity index (χ2n) is 6.30. The highest BCUT2D eigenvalue weighted by Crippen LogP contribution is 2.29. The maximum absolute atomic E-state index is 13.7. The van der Waals surface area contributed by atoms with Gasteiger partial charge in [0, 0.05) is 13.1 Å². The van der Waals surface area contributed by atoms with Crippen LogP contribution in [0.5, 0.6) is 0 Å². The van der Waals surface area contributed by atoms with Gasteiger partial charge in [-0.1, -0.05) is 12.1 Å². The van der Waals surface area contributed by atoms with Crippen molar-refractivity contribution in [1.29, 1.82) is 0 Å². The van der Waals surface area contributed by atoms with Gasteiger partial charge in [0.05, 0.1) is 18.6 Å². The predicted octanol–water partition coefficient (Wildman–Crippen LogP) is 1.34. The van der Waals surface area contributed by atoms with Gasteiger partial charge in [-0.25, -0.2) is 14.4 Å². The average molecular weight is 388 g/mol. The number of rotatable bonds is 5. The summed E-state index contributed by atoms with van der Waals surface area (Å²) in [7, 11) is 1.38. The number of ether oxygens (including phenoxy) is 1. The smallest absolute Gasteiger partial charge is 0.308 e. The second-order valence-corrected chi connectivity index (χ2v) is 6.30. The fourth-order valence-electron chi connectivity index (χ4n) is 3.06. The van der Waals surface area contributed by atoms with E-state index in [0.29, 0.717) is 31.7 Å². The van der Waals surface area contributed by atoms with Crippen molar-refractivity contribution >= 4 is 29.2 Å². The number of esters is 1. The van der Waals surface area contributed by atoms with Gasteiger partial charge in [0.2, 0.25) is 0 Å². The largest absolute Gasteiger partial charge is 0.469 e. The van der Waals surface area contributed by atoms with E-state index in [1.807, 2.05) is 4.90 Å². The third kappa shape index (κ3) is 4.11. The number of hydrazine groups is 1. The van der Waals surface area contributed by atoms with Crippen molar-refractivity contribution in [1.82, 2.24) is 15.4 Å². The van der Waals surface area contributed by atoms with Crippen molar-refractivity contribution in [3.8, 4) is 0 Å². The minimum atomic E-state index is -0.656. The van der Waals surface area contributed by atoms with Gasteiger partial charge in [-0.2, -0.15) is 0 Å². The molecule has 1 aromatic carbocycles. The first kappa shape index (κ1) is 19.3. The summed E-state index contributed by atoms with van der Waals surface area (Å²) in [6, 6.07) is 5.63. The maximum atomic E-state index is 13.7. The molecule has 0 bridgehead atoms. The Hall–Kier alpha value is -3.43. The van der Waals surface area contributed by atoms with E-state index in [4.69, 9.17) is 10.5 Å². The van der Waals surface area contributed by atoms with Gasteiger partial charge >= 0.3 is 5.97 Å². The highest BCUT2D eigenvalue weighted by Gasteiger charge is 2.27. The first-order valence-electron chi connectivity index (χ1n) is 8.75. The highest BCUT2D eigenvalue weighted by molar-refractivity contribution is 5.95. The Morgan fingerprint density at radius 3 is 2.64 bits per heavy atom. The van der Waals surface area contributed by atoms with Gasteiger partial charge < -0.3 is 15.4 Å². The van der Waals surface area contributed by atoms with Gasteiger partial charge in [-0.3, -0.25) is 20.4 Å². The number of piperidine rings is 1. The molecule has 10 heteroatoms. The van der Waals surface area contributed by atoms with Crippen molar-refractivity contribution < 1.29 is 18.7 Å². The zero-order valence-electron chi connectivity index (χ0n) is 15.3.